The van der Waals surface area contributed by atoms with Crippen molar-refractivity contribution >= 4 is 16.8 Å². The Kier molecular flexibility index (Phi) is 6.28. The Hall–Kier alpha value is -4.06. The van der Waals surface area contributed by atoms with Crippen molar-refractivity contribution in [1.82, 2.24) is 4.98 Å². The van der Waals surface area contributed by atoms with E-state index in [-0.39, 0.29) is 6.61 Å². The molecule has 2 N–H and O–H groups in total. The molecule has 1 amide bonds. The molecule has 0 saturated carbocycles. The van der Waals surface area contributed by atoms with Gasteiger partial charge in [0.1, 0.15) is 30.5 Å². The van der Waals surface area contributed by atoms with Crippen LogP contribution in [0.5, 0.6) is 17.2 Å². The van der Waals surface area contributed by atoms with Gasteiger partial charge < -0.3 is 19.9 Å². The van der Waals surface area contributed by atoms with Crippen LogP contribution < -0.4 is 19.9 Å². The molecule has 0 aliphatic carbocycles. The maximum atomic E-state index is 10.7. The number of carbonyl (C=O) groups is 1. The van der Waals surface area contributed by atoms with Gasteiger partial charge in [0.05, 0.1) is 11.2 Å². The lowest BCUT2D eigenvalue weighted by molar-refractivity contribution is -0.119. The molecule has 1 heterocycles. The van der Waals surface area contributed by atoms with Crippen LogP contribution in [-0.2, 0) is 18.0 Å². The van der Waals surface area contributed by atoms with E-state index in [2.05, 4.69) is 4.98 Å². The fourth-order valence-corrected chi connectivity index (χ4v) is 2.98. The van der Waals surface area contributed by atoms with Gasteiger partial charge in [0, 0.05) is 5.39 Å². The van der Waals surface area contributed by atoms with Crippen LogP contribution in [0.4, 0.5) is 0 Å². The number of benzene rings is 3. The Morgan fingerprint density at radius 2 is 1.32 bits per heavy atom. The summed E-state index contributed by atoms with van der Waals surface area (Å²) in [6, 6.07) is 26.8. The standard InChI is InChI=1S/C25H22N2O4/c26-25(28)17-31-21-9-5-18(6-10-21)15-29-22-11-13-23(14-12-22)30-16-20-8-7-19-3-1-2-4-24(19)27-20/h1-14H,15-17H2,(H2,26,28). The molecule has 4 rings (SSSR count). The first kappa shape index (κ1) is 20.2. The van der Waals surface area contributed by atoms with E-state index < -0.39 is 5.91 Å². The molecule has 6 nitrogen and oxygen atoms in total. The summed E-state index contributed by atoms with van der Waals surface area (Å²) in [6.45, 7) is 0.674. The third-order valence-electron chi connectivity index (χ3n) is 4.58. The number of pyridine rings is 1. The first-order chi connectivity index (χ1) is 15.2. The van der Waals surface area contributed by atoms with Gasteiger partial charge in [-0.1, -0.05) is 36.4 Å². The first-order valence-electron chi connectivity index (χ1n) is 9.86. The molecular formula is C25H22N2O4. The molecule has 0 bridgehead atoms. The summed E-state index contributed by atoms with van der Waals surface area (Å²) in [7, 11) is 0. The summed E-state index contributed by atoms with van der Waals surface area (Å²) >= 11 is 0. The minimum Gasteiger partial charge on any atom is -0.489 e. The highest BCUT2D eigenvalue weighted by Gasteiger charge is 2.02. The Balaban J connectivity index is 1.27. The molecule has 0 atom stereocenters. The first-order valence-corrected chi connectivity index (χ1v) is 9.86. The number of fused-ring (bicyclic) bond motifs is 1. The molecule has 1 aromatic heterocycles. The highest BCUT2D eigenvalue weighted by atomic mass is 16.5. The zero-order valence-electron chi connectivity index (χ0n) is 16.9. The van der Waals surface area contributed by atoms with Crippen molar-refractivity contribution in [3.8, 4) is 17.2 Å². The van der Waals surface area contributed by atoms with Crippen molar-refractivity contribution in [3.05, 3.63) is 96.2 Å². The lowest BCUT2D eigenvalue weighted by Gasteiger charge is -2.10. The summed E-state index contributed by atoms with van der Waals surface area (Å²) in [4.78, 5) is 15.4. The van der Waals surface area contributed by atoms with Crippen LogP contribution >= 0.6 is 0 Å². The van der Waals surface area contributed by atoms with Crippen LogP contribution in [-0.4, -0.2) is 17.5 Å². The van der Waals surface area contributed by atoms with Crippen LogP contribution in [0.2, 0.25) is 0 Å². The van der Waals surface area contributed by atoms with Crippen LogP contribution in [0.25, 0.3) is 10.9 Å². The number of nitrogens with two attached hydrogens (primary N) is 1. The number of nitrogens with zero attached hydrogens (tertiary/aromatic N) is 1. The third kappa shape index (κ3) is 5.73. The number of rotatable bonds is 9. The molecule has 0 radical (unpaired) electrons. The Morgan fingerprint density at radius 1 is 0.710 bits per heavy atom. The van der Waals surface area contributed by atoms with Gasteiger partial charge in [-0.05, 0) is 54.1 Å². The van der Waals surface area contributed by atoms with E-state index in [4.69, 9.17) is 19.9 Å². The summed E-state index contributed by atoms with van der Waals surface area (Å²) in [5.41, 5.74) is 7.88. The average Bonchev–Trinajstić information content (AvgIpc) is 2.81. The van der Waals surface area contributed by atoms with E-state index >= 15 is 0 Å². The predicted molar refractivity (Wildman–Crippen MR) is 118 cm³/mol. The molecule has 156 valence electrons. The van der Waals surface area contributed by atoms with Gasteiger partial charge in [0.2, 0.25) is 0 Å². The normalized spacial score (nSPS) is 10.6. The molecule has 0 unspecified atom stereocenters. The number of para-hydroxylation sites is 1. The van der Waals surface area contributed by atoms with E-state index in [1.165, 1.54) is 0 Å². The minimum atomic E-state index is -0.506. The summed E-state index contributed by atoms with van der Waals surface area (Å²) in [6.07, 6.45) is 0. The van der Waals surface area contributed by atoms with Crippen molar-refractivity contribution in [3.63, 3.8) is 0 Å². The van der Waals surface area contributed by atoms with E-state index in [1.54, 1.807) is 12.1 Å². The molecule has 4 aromatic rings. The van der Waals surface area contributed by atoms with E-state index in [0.717, 1.165) is 33.7 Å². The van der Waals surface area contributed by atoms with Gasteiger partial charge in [0.15, 0.2) is 6.61 Å². The van der Waals surface area contributed by atoms with Crippen molar-refractivity contribution < 1.29 is 19.0 Å². The second-order valence-electron chi connectivity index (χ2n) is 6.94. The SMILES string of the molecule is NC(=O)COc1ccc(COc2ccc(OCc3ccc4ccccc4n3)cc2)cc1. The van der Waals surface area contributed by atoms with Crippen LogP contribution in [0.3, 0.4) is 0 Å². The lowest BCUT2D eigenvalue weighted by Crippen LogP contribution is -2.19. The molecule has 0 fully saturated rings. The number of ether oxygens (including phenoxy) is 3. The predicted octanol–water partition coefficient (Wildman–Crippen LogP) is 4.26. The van der Waals surface area contributed by atoms with Crippen molar-refractivity contribution in [2.45, 2.75) is 13.2 Å². The maximum absolute atomic E-state index is 10.7. The molecular weight excluding hydrogens is 392 g/mol. The van der Waals surface area contributed by atoms with Gasteiger partial charge in [-0.2, -0.15) is 0 Å². The molecule has 3 aromatic carbocycles. The minimum absolute atomic E-state index is 0.138. The Labute approximate surface area is 180 Å². The van der Waals surface area contributed by atoms with Gasteiger partial charge in [-0.25, -0.2) is 4.98 Å². The van der Waals surface area contributed by atoms with Crippen LogP contribution in [0, 0.1) is 0 Å². The van der Waals surface area contributed by atoms with Crippen molar-refractivity contribution in [2.24, 2.45) is 5.73 Å². The maximum Gasteiger partial charge on any atom is 0.255 e. The highest BCUT2D eigenvalue weighted by Crippen LogP contribution is 2.21. The van der Waals surface area contributed by atoms with Gasteiger partial charge in [0.25, 0.3) is 5.91 Å². The zero-order chi connectivity index (χ0) is 21.5. The largest absolute Gasteiger partial charge is 0.489 e. The number of amides is 1. The van der Waals surface area contributed by atoms with Crippen molar-refractivity contribution in [1.29, 1.82) is 0 Å². The van der Waals surface area contributed by atoms with Gasteiger partial charge >= 0.3 is 0 Å². The van der Waals surface area contributed by atoms with E-state index in [0.29, 0.717) is 19.0 Å². The molecule has 0 aliphatic rings. The third-order valence-corrected chi connectivity index (χ3v) is 4.58. The number of hydrogen-bond donors (Lipinski definition) is 1. The highest BCUT2D eigenvalue weighted by molar-refractivity contribution is 5.78. The molecule has 0 spiro atoms. The smallest absolute Gasteiger partial charge is 0.255 e. The summed E-state index contributed by atoms with van der Waals surface area (Å²) < 4.78 is 16.9. The molecule has 0 aliphatic heterocycles. The number of aromatic nitrogens is 1. The fourth-order valence-electron chi connectivity index (χ4n) is 2.98. The zero-order valence-corrected chi connectivity index (χ0v) is 16.9. The van der Waals surface area contributed by atoms with Gasteiger partial charge in [-0.15, -0.1) is 0 Å². The van der Waals surface area contributed by atoms with E-state index in [1.807, 2.05) is 72.8 Å². The molecule has 31 heavy (non-hydrogen) atoms. The number of primary amides is 1. The lowest BCUT2D eigenvalue weighted by atomic mass is 10.2. The molecule has 0 saturated heterocycles. The molecule has 6 heteroatoms. The second kappa shape index (κ2) is 9.63. The Morgan fingerprint density at radius 3 is 2.03 bits per heavy atom. The summed E-state index contributed by atoms with van der Waals surface area (Å²) in [5, 5.41) is 1.11. The quantitative estimate of drug-likeness (QED) is 0.442. The van der Waals surface area contributed by atoms with Crippen LogP contribution in [0.1, 0.15) is 11.3 Å². The number of hydrogen-bond acceptors (Lipinski definition) is 5. The van der Waals surface area contributed by atoms with Crippen LogP contribution in [0.15, 0.2) is 84.9 Å². The monoisotopic (exact) mass is 414 g/mol. The Bertz CT molecular complexity index is 1160. The summed E-state index contributed by atoms with van der Waals surface area (Å²) in [5.74, 6) is 1.57. The van der Waals surface area contributed by atoms with Crippen molar-refractivity contribution in [2.75, 3.05) is 6.61 Å². The topological polar surface area (TPSA) is 83.7 Å². The average molecular weight is 414 g/mol. The second-order valence-corrected chi connectivity index (χ2v) is 6.94. The van der Waals surface area contributed by atoms with E-state index in [9.17, 15) is 4.79 Å². The van der Waals surface area contributed by atoms with Gasteiger partial charge in [-0.3, -0.25) is 4.79 Å². The number of carbonyl (C=O) groups excluding carboxylic acids is 1. The fraction of sp³-hybridized carbons (Fsp3) is 0.120.